The van der Waals surface area contributed by atoms with Crippen LogP contribution in [0.25, 0.3) is 0 Å². The molecule has 17 heavy (non-hydrogen) atoms. The molecule has 3 rings (SSSR count). The van der Waals surface area contributed by atoms with E-state index in [1.807, 2.05) is 0 Å². The van der Waals surface area contributed by atoms with Gasteiger partial charge in [-0.25, -0.2) is 0 Å². The number of thiophene rings is 1. The van der Waals surface area contributed by atoms with E-state index in [0.29, 0.717) is 6.61 Å². The van der Waals surface area contributed by atoms with Crippen molar-refractivity contribution < 1.29 is 4.74 Å². The fraction of sp³-hybridized carbons (Fsp3) is 0.286. The summed E-state index contributed by atoms with van der Waals surface area (Å²) in [4.78, 5) is 1.33. The van der Waals surface area contributed by atoms with Crippen molar-refractivity contribution in [1.29, 1.82) is 0 Å². The Balaban J connectivity index is 1.89. The van der Waals surface area contributed by atoms with Gasteiger partial charge >= 0.3 is 0 Å². The highest BCUT2D eigenvalue weighted by Crippen LogP contribution is 2.35. The van der Waals surface area contributed by atoms with E-state index in [9.17, 15) is 0 Å². The highest BCUT2D eigenvalue weighted by Gasteiger charge is 2.20. The molecule has 2 heterocycles. The van der Waals surface area contributed by atoms with Crippen LogP contribution in [0.3, 0.4) is 0 Å². The second-order valence-electron chi connectivity index (χ2n) is 4.21. The zero-order valence-corrected chi connectivity index (χ0v) is 10.6. The molecule has 1 unspecified atom stereocenters. The van der Waals surface area contributed by atoms with Crippen molar-refractivity contribution >= 4 is 17.0 Å². The Kier molecular flexibility index (Phi) is 2.77. The molecule has 2 aromatic rings. The van der Waals surface area contributed by atoms with E-state index in [4.69, 9.17) is 4.74 Å². The van der Waals surface area contributed by atoms with E-state index in [1.54, 1.807) is 11.3 Å². The molecule has 0 saturated heterocycles. The van der Waals surface area contributed by atoms with Crippen molar-refractivity contribution in [2.45, 2.75) is 19.4 Å². The van der Waals surface area contributed by atoms with Gasteiger partial charge in [-0.2, -0.15) is 0 Å². The molecule has 0 amide bonds. The first kappa shape index (κ1) is 10.7. The van der Waals surface area contributed by atoms with E-state index in [1.165, 1.54) is 10.4 Å². The number of hydrogen-bond acceptors (Lipinski definition) is 3. The van der Waals surface area contributed by atoms with Crippen LogP contribution in [0.15, 0.2) is 35.7 Å². The van der Waals surface area contributed by atoms with Crippen molar-refractivity contribution in [3.05, 3.63) is 46.2 Å². The minimum Gasteiger partial charge on any atom is -0.489 e. The lowest BCUT2D eigenvalue weighted by molar-refractivity contribution is 0.288. The van der Waals surface area contributed by atoms with Gasteiger partial charge in [0.2, 0.25) is 0 Å². The van der Waals surface area contributed by atoms with Crippen LogP contribution in [-0.2, 0) is 6.42 Å². The van der Waals surface area contributed by atoms with Gasteiger partial charge in [0.1, 0.15) is 12.4 Å². The Labute approximate surface area is 105 Å². The van der Waals surface area contributed by atoms with E-state index < -0.39 is 0 Å². The normalized spacial score (nSPS) is 18.1. The highest BCUT2D eigenvalue weighted by molar-refractivity contribution is 7.10. The summed E-state index contributed by atoms with van der Waals surface area (Å²) in [6, 6.07) is 10.9. The van der Waals surface area contributed by atoms with Gasteiger partial charge in [-0.05, 0) is 35.6 Å². The fourth-order valence-electron chi connectivity index (χ4n) is 2.08. The molecule has 1 atom stereocenters. The fourth-order valence-corrected chi connectivity index (χ4v) is 2.84. The summed E-state index contributed by atoms with van der Waals surface area (Å²) >= 11 is 1.77. The zero-order valence-electron chi connectivity index (χ0n) is 9.77. The first-order valence-electron chi connectivity index (χ1n) is 5.92. The summed E-state index contributed by atoms with van der Waals surface area (Å²) in [7, 11) is 0. The summed E-state index contributed by atoms with van der Waals surface area (Å²) in [6.45, 7) is 2.88. The third kappa shape index (κ3) is 2.03. The van der Waals surface area contributed by atoms with Crippen molar-refractivity contribution in [3.63, 3.8) is 0 Å². The quantitative estimate of drug-likeness (QED) is 0.867. The molecule has 0 spiro atoms. The maximum absolute atomic E-state index is 5.80. The minimum atomic E-state index is 0.287. The van der Waals surface area contributed by atoms with Gasteiger partial charge in [-0.15, -0.1) is 11.3 Å². The molecule has 0 fully saturated rings. The number of anilines is 1. The highest BCUT2D eigenvalue weighted by atomic mass is 32.1. The number of ether oxygens (including phenoxy) is 1. The summed E-state index contributed by atoms with van der Waals surface area (Å²) in [5.74, 6) is 0.968. The van der Waals surface area contributed by atoms with Crippen molar-refractivity contribution in [2.24, 2.45) is 0 Å². The maximum atomic E-state index is 5.80. The van der Waals surface area contributed by atoms with Gasteiger partial charge in [-0.1, -0.05) is 19.1 Å². The lowest BCUT2D eigenvalue weighted by Gasteiger charge is -2.27. The lowest BCUT2D eigenvalue weighted by atomic mass is 10.1. The largest absolute Gasteiger partial charge is 0.489 e. The molecule has 3 heteroatoms. The van der Waals surface area contributed by atoms with Gasteiger partial charge in [0.15, 0.2) is 0 Å². The molecular formula is C14H15NOS. The predicted molar refractivity (Wildman–Crippen MR) is 72.0 cm³/mol. The molecule has 88 valence electrons. The first-order valence-corrected chi connectivity index (χ1v) is 6.80. The van der Waals surface area contributed by atoms with E-state index in [0.717, 1.165) is 17.9 Å². The minimum absolute atomic E-state index is 0.287. The molecule has 0 radical (unpaired) electrons. The molecule has 0 saturated carbocycles. The molecule has 1 N–H and O–H groups in total. The second kappa shape index (κ2) is 4.41. The SMILES string of the molecule is CCc1ccc2c(c1)NC(c1cccs1)CO2. The van der Waals surface area contributed by atoms with Crippen LogP contribution in [-0.4, -0.2) is 6.61 Å². The Bertz CT molecular complexity index is 507. The van der Waals surface area contributed by atoms with Crippen LogP contribution in [0.5, 0.6) is 5.75 Å². The molecule has 2 nitrogen and oxygen atoms in total. The third-order valence-electron chi connectivity index (χ3n) is 3.07. The van der Waals surface area contributed by atoms with Crippen LogP contribution >= 0.6 is 11.3 Å². The van der Waals surface area contributed by atoms with Crippen LogP contribution in [0.1, 0.15) is 23.4 Å². The Hall–Kier alpha value is -1.48. The van der Waals surface area contributed by atoms with Gasteiger partial charge in [0.25, 0.3) is 0 Å². The summed E-state index contributed by atoms with van der Waals surface area (Å²) in [5.41, 5.74) is 2.46. The van der Waals surface area contributed by atoms with Gasteiger partial charge in [-0.3, -0.25) is 0 Å². The smallest absolute Gasteiger partial charge is 0.142 e. The monoisotopic (exact) mass is 245 g/mol. The first-order chi connectivity index (χ1) is 8.36. The summed E-state index contributed by atoms with van der Waals surface area (Å²) < 4.78 is 5.80. The standard InChI is InChI=1S/C14H15NOS/c1-2-10-5-6-13-11(8-10)15-12(9-16-13)14-4-3-7-17-14/h3-8,12,15H,2,9H2,1H3. The van der Waals surface area contributed by atoms with Crippen molar-refractivity contribution in [3.8, 4) is 5.75 Å². The topological polar surface area (TPSA) is 21.3 Å². The molecule has 1 aliphatic rings. The zero-order chi connectivity index (χ0) is 11.7. The molecule has 0 aliphatic carbocycles. The van der Waals surface area contributed by atoms with Gasteiger partial charge in [0.05, 0.1) is 11.7 Å². The van der Waals surface area contributed by atoms with E-state index >= 15 is 0 Å². The molecule has 1 aromatic heterocycles. The second-order valence-corrected chi connectivity index (χ2v) is 5.19. The third-order valence-corrected chi connectivity index (χ3v) is 4.06. The molecule has 1 aliphatic heterocycles. The number of hydrogen-bond donors (Lipinski definition) is 1. The summed E-state index contributed by atoms with van der Waals surface area (Å²) in [6.07, 6.45) is 1.05. The van der Waals surface area contributed by atoms with Gasteiger partial charge < -0.3 is 10.1 Å². The molecule has 0 bridgehead atoms. The maximum Gasteiger partial charge on any atom is 0.142 e. The van der Waals surface area contributed by atoms with Crippen LogP contribution in [0.4, 0.5) is 5.69 Å². The Morgan fingerprint density at radius 3 is 3.12 bits per heavy atom. The number of aryl methyl sites for hydroxylation is 1. The van der Waals surface area contributed by atoms with Gasteiger partial charge in [0, 0.05) is 4.88 Å². The number of fused-ring (bicyclic) bond motifs is 1. The lowest BCUT2D eigenvalue weighted by Crippen LogP contribution is -2.23. The Morgan fingerprint density at radius 1 is 1.41 bits per heavy atom. The average molecular weight is 245 g/mol. The number of rotatable bonds is 2. The summed E-state index contributed by atoms with van der Waals surface area (Å²) in [5, 5.41) is 5.67. The van der Waals surface area contributed by atoms with Crippen LogP contribution in [0.2, 0.25) is 0 Å². The van der Waals surface area contributed by atoms with Crippen LogP contribution < -0.4 is 10.1 Å². The average Bonchev–Trinajstić information content (AvgIpc) is 2.91. The predicted octanol–water partition coefficient (Wildman–Crippen LogP) is 3.86. The Morgan fingerprint density at radius 2 is 2.35 bits per heavy atom. The van der Waals surface area contributed by atoms with Crippen LogP contribution in [0, 0.1) is 0 Å². The number of benzene rings is 1. The molecule has 1 aromatic carbocycles. The number of nitrogens with one attached hydrogen (secondary N) is 1. The van der Waals surface area contributed by atoms with Crippen molar-refractivity contribution in [1.82, 2.24) is 0 Å². The van der Waals surface area contributed by atoms with Crippen molar-refractivity contribution in [2.75, 3.05) is 11.9 Å². The van der Waals surface area contributed by atoms with E-state index in [-0.39, 0.29) is 6.04 Å². The molecular weight excluding hydrogens is 230 g/mol. The van der Waals surface area contributed by atoms with E-state index in [2.05, 4.69) is 48.0 Å².